The maximum Gasteiger partial charge on any atom is 0.413 e. The molecule has 90 valence electrons. The first-order valence-electron chi connectivity index (χ1n) is 4.99. The normalized spacial score (nSPS) is 11.0. The number of nitrogens with one attached hydrogen (secondary N) is 1. The molecule has 0 aromatic carbocycles. The van der Waals surface area contributed by atoms with Crippen LogP contribution in [0.15, 0.2) is 5.38 Å². The van der Waals surface area contributed by atoms with E-state index in [0.717, 1.165) is 0 Å². The van der Waals surface area contributed by atoms with Gasteiger partial charge in [-0.1, -0.05) is 0 Å². The van der Waals surface area contributed by atoms with Crippen molar-refractivity contribution in [3.63, 3.8) is 0 Å². The van der Waals surface area contributed by atoms with E-state index in [-0.39, 0.29) is 0 Å². The van der Waals surface area contributed by atoms with E-state index in [9.17, 15) is 4.79 Å². The smallest absolute Gasteiger partial charge is 0.413 e. The largest absolute Gasteiger partial charge is 0.477 e. The van der Waals surface area contributed by atoms with Crippen molar-refractivity contribution in [1.29, 1.82) is 0 Å². The van der Waals surface area contributed by atoms with Gasteiger partial charge in [-0.25, -0.2) is 4.79 Å². The second-order valence-electron chi connectivity index (χ2n) is 4.05. The summed E-state index contributed by atoms with van der Waals surface area (Å²) in [7, 11) is 0. The van der Waals surface area contributed by atoms with Gasteiger partial charge in [0.1, 0.15) is 5.60 Å². The summed E-state index contributed by atoms with van der Waals surface area (Å²) >= 11 is 1.30. The fraction of sp³-hybridized carbons (Fsp3) is 0.600. The first-order chi connectivity index (χ1) is 7.40. The van der Waals surface area contributed by atoms with E-state index in [1.54, 1.807) is 26.2 Å². The summed E-state index contributed by atoms with van der Waals surface area (Å²) < 4.78 is 10.3. The fourth-order valence-corrected chi connectivity index (χ4v) is 1.54. The van der Waals surface area contributed by atoms with Crippen LogP contribution in [0.2, 0.25) is 0 Å². The van der Waals surface area contributed by atoms with Crippen molar-refractivity contribution in [3.05, 3.63) is 5.38 Å². The molecular formula is C10H16N2O3S. The van der Waals surface area contributed by atoms with E-state index < -0.39 is 11.7 Å². The van der Waals surface area contributed by atoms with Gasteiger partial charge in [0.25, 0.3) is 0 Å². The minimum absolute atomic E-state index is 0.470. The van der Waals surface area contributed by atoms with E-state index in [1.807, 2.05) is 6.92 Å². The zero-order chi connectivity index (χ0) is 12.2. The lowest BCUT2D eigenvalue weighted by Crippen LogP contribution is -2.27. The van der Waals surface area contributed by atoms with E-state index in [1.165, 1.54) is 11.3 Å². The zero-order valence-corrected chi connectivity index (χ0v) is 10.7. The quantitative estimate of drug-likeness (QED) is 0.888. The summed E-state index contributed by atoms with van der Waals surface area (Å²) in [6, 6.07) is 0. The molecule has 0 saturated heterocycles. The van der Waals surface area contributed by atoms with Gasteiger partial charge in [0.05, 0.1) is 12.0 Å². The van der Waals surface area contributed by atoms with Crippen molar-refractivity contribution in [1.82, 2.24) is 4.98 Å². The number of hydrogen-bond donors (Lipinski definition) is 1. The Hall–Kier alpha value is -1.30. The van der Waals surface area contributed by atoms with Gasteiger partial charge in [0.15, 0.2) is 5.13 Å². The van der Waals surface area contributed by atoms with E-state index in [4.69, 9.17) is 9.47 Å². The topological polar surface area (TPSA) is 60.5 Å². The van der Waals surface area contributed by atoms with Crippen LogP contribution in [0.25, 0.3) is 0 Å². The van der Waals surface area contributed by atoms with Crippen molar-refractivity contribution >= 4 is 22.6 Å². The van der Waals surface area contributed by atoms with Crippen LogP contribution >= 0.6 is 11.3 Å². The van der Waals surface area contributed by atoms with Crippen LogP contribution in [0.3, 0.4) is 0 Å². The Labute approximate surface area is 98.8 Å². The van der Waals surface area contributed by atoms with Crippen molar-refractivity contribution < 1.29 is 14.3 Å². The van der Waals surface area contributed by atoms with Crippen molar-refractivity contribution in [2.75, 3.05) is 11.9 Å². The average molecular weight is 244 g/mol. The number of ether oxygens (including phenoxy) is 2. The maximum absolute atomic E-state index is 11.4. The molecule has 0 bridgehead atoms. The highest BCUT2D eigenvalue weighted by atomic mass is 32.1. The van der Waals surface area contributed by atoms with Gasteiger partial charge in [-0.2, -0.15) is 4.98 Å². The lowest BCUT2D eigenvalue weighted by Gasteiger charge is -2.18. The number of thiazole rings is 1. The summed E-state index contributed by atoms with van der Waals surface area (Å²) in [6.07, 6.45) is -0.509. The van der Waals surface area contributed by atoms with Crippen molar-refractivity contribution in [2.24, 2.45) is 0 Å². The summed E-state index contributed by atoms with van der Waals surface area (Å²) in [6.45, 7) is 7.84. The summed E-state index contributed by atoms with van der Waals surface area (Å²) in [5.41, 5.74) is -0.510. The molecule has 5 nitrogen and oxygen atoms in total. The maximum atomic E-state index is 11.4. The standard InChI is InChI=1S/C10H16N2O3S/c1-5-14-7-6-16-8(11-7)12-9(13)15-10(2,3)4/h6H,5H2,1-4H3,(H,11,12,13). The Kier molecular flexibility index (Phi) is 4.12. The number of carbonyl (C=O) groups is 1. The van der Waals surface area contributed by atoms with Crippen LogP contribution in [0, 0.1) is 0 Å². The van der Waals surface area contributed by atoms with Crippen LogP contribution in [0.1, 0.15) is 27.7 Å². The average Bonchev–Trinajstić information content (AvgIpc) is 2.49. The summed E-state index contributed by atoms with van der Waals surface area (Å²) in [5, 5.41) is 4.75. The van der Waals surface area contributed by atoms with Gasteiger partial charge in [-0.05, 0) is 27.7 Å². The molecule has 0 aliphatic heterocycles. The number of aromatic nitrogens is 1. The molecule has 1 amide bonds. The molecule has 6 heteroatoms. The molecule has 0 radical (unpaired) electrons. The number of nitrogens with zero attached hydrogens (tertiary/aromatic N) is 1. The fourth-order valence-electron chi connectivity index (χ4n) is 0.922. The molecule has 0 aliphatic rings. The van der Waals surface area contributed by atoms with Gasteiger partial charge < -0.3 is 9.47 Å². The highest BCUT2D eigenvalue weighted by Gasteiger charge is 2.17. The Morgan fingerprint density at radius 1 is 1.56 bits per heavy atom. The lowest BCUT2D eigenvalue weighted by atomic mass is 10.2. The highest BCUT2D eigenvalue weighted by Crippen LogP contribution is 2.21. The lowest BCUT2D eigenvalue weighted by molar-refractivity contribution is 0.0636. The second-order valence-corrected chi connectivity index (χ2v) is 4.91. The Bertz CT molecular complexity index is 357. The molecule has 1 aromatic heterocycles. The Morgan fingerprint density at radius 2 is 2.25 bits per heavy atom. The van der Waals surface area contributed by atoms with Gasteiger partial charge in [0, 0.05) is 0 Å². The second kappa shape index (κ2) is 5.16. The van der Waals surface area contributed by atoms with Crippen LogP contribution in [0.5, 0.6) is 5.88 Å². The third-order valence-electron chi connectivity index (χ3n) is 1.38. The van der Waals surface area contributed by atoms with Crippen LogP contribution in [-0.4, -0.2) is 23.3 Å². The first-order valence-corrected chi connectivity index (χ1v) is 5.87. The Morgan fingerprint density at radius 3 is 2.81 bits per heavy atom. The first kappa shape index (κ1) is 12.8. The molecule has 0 aliphatic carbocycles. The molecule has 16 heavy (non-hydrogen) atoms. The number of hydrogen-bond acceptors (Lipinski definition) is 5. The number of carbonyl (C=O) groups excluding carboxylic acids is 1. The van der Waals surface area contributed by atoms with Crippen molar-refractivity contribution in [2.45, 2.75) is 33.3 Å². The third kappa shape index (κ3) is 4.48. The van der Waals surface area contributed by atoms with Gasteiger partial charge in [-0.3, -0.25) is 5.32 Å². The molecule has 0 fully saturated rings. The predicted octanol–water partition coefficient (Wildman–Crippen LogP) is 2.89. The third-order valence-corrected chi connectivity index (χ3v) is 2.12. The zero-order valence-electron chi connectivity index (χ0n) is 9.86. The number of rotatable bonds is 3. The van der Waals surface area contributed by atoms with Crippen LogP contribution in [0.4, 0.5) is 9.93 Å². The Balaban J connectivity index is 2.50. The van der Waals surface area contributed by atoms with Gasteiger partial charge in [-0.15, -0.1) is 11.3 Å². The van der Waals surface area contributed by atoms with E-state index in [0.29, 0.717) is 17.6 Å². The molecule has 0 atom stereocenters. The molecule has 0 saturated carbocycles. The van der Waals surface area contributed by atoms with E-state index in [2.05, 4.69) is 10.3 Å². The van der Waals surface area contributed by atoms with E-state index >= 15 is 0 Å². The van der Waals surface area contributed by atoms with Gasteiger partial charge >= 0.3 is 6.09 Å². The SMILES string of the molecule is CCOc1csc(NC(=O)OC(C)(C)C)n1. The summed E-state index contributed by atoms with van der Waals surface area (Å²) in [4.78, 5) is 15.4. The number of anilines is 1. The molecule has 1 aromatic rings. The predicted molar refractivity (Wildman–Crippen MR) is 63.1 cm³/mol. The molecule has 0 spiro atoms. The molecule has 1 heterocycles. The number of amides is 1. The van der Waals surface area contributed by atoms with Crippen LogP contribution in [-0.2, 0) is 4.74 Å². The van der Waals surface area contributed by atoms with Crippen molar-refractivity contribution in [3.8, 4) is 5.88 Å². The van der Waals surface area contributed by atoms with Crippen LogP contribution < -0.4 is 10.1 Å². The minimum Gasteiger partial charge on any atom is -0.477 e. The molecule has 1 N–H and O–H groups in total. The molecular weight excluding hydrogens is 228 g/mol. The highest BCUT2D eigenvalue weighted by molar-refractivity contribution is 7.14. The minimum atomic E-state index is -0.510. The molecule has 0 unspecified atom stereocenters. The van der Waals surface area contributed by atoms with Gasteiger partial charge in [0.2, 0.25) is 5.88 Å². The monoisotopic (exact) mass is 244 g/mol. The molecule has 1 rings (SSSR count). The summed E-state index contributed by atoms with van der Waals surface area (Å²) in [5.74, 6) is 0.513.